The number of aromatic nitrogens is 2. The number of rotatable bonds is 5. The molecule has 0 aliphatic heterocycles. The smallest absolute Gasteiger partial charge is 0.359 e. The van der Waals surface area contributed by atoms with Gasteiger partial charge in [0.15, 0.2) is 5.69 Å². The van der Waals surface area contributed by atoms with Gasteiger partial charge in [0.05, 0.1) is 0 Å². The third-order valence-electron chi connectivity index (χ3n) is 2.44. The Bertz CT molecular complexity index is 672. The second kappa shape index (κ2) is 6.47. The Morgan fingerprint density at radius 3 is 2.52 bits per heavy atom. The Morgan fingerprint density at radius 2 is 1.81 bits per heavy atom. The summed E-state index contributed by atoms with van der Waals surface area (Å²) in [7, 11) is 0. The minimum absolute atomic E-state index is 0.0555. The highest BCUT2D eigenvalue weighted by atomic mass is 16.7. The number of pyridine rings is 2. The van der Waals surface area contributed by atoms with Crippen molar-refractivity contribution in [2.45, 2.75) is 6.92 Å². The molecule has 0 unspecified atom stereocenters. The van der Waals surface area contributed by atoms with Crippen LogP contribution in [0.4, 0.5) is 0 Å². The van der Waals surface area contributed by atoms with Crippen LogP contribution in [0.2, 0.25) is 0 Å². The number of hydrogen-bond donors (Lipinski definition) is 1. The maximum atomic E-state index is 11.7. The molecule has 0 saturated heterocycles. The molecule has 108 valence electrons. The van der Waals surface area contributed by atoms with E-state index in [0.717, 1.165) is 0 Å². The summed E-state index contributed by atoms with van der Waals surface area (Å²) in [5.74, 6) is -1.74. The summed E-state index contributed by atoms with van der Waals surface area (Å²) in [5, 5.41) is 8.79. The summed E-state index contributed by atoms with van der Waals surface area (Å²) in [4.78, 5) is 30.2. The molecule has 21 heavy (non-hydrogen) atoms. The molecule has 0 aliphatic carbocycles. The summed E-state index contributed by atoms with van der Waals surface area (Å²) < 4.78 is 9.95. The maximum Gasteiger partial charge on any atom is 0.359 e. The second-order valence-corrected chi connectivity index (χ2v) is 4.02. The fourth-order valence-electron chi connectivity index (χ4n) is 1.49. The minimum Gasteiger partial charge on any atom is -0.477 e. The first-order valence-electron chi connectivity index (χ1n) is 6.00. The van der Waals surface area contributed by atoms with Crippen molar-refractivity contribution in [3.05, 3.63) is 53.5 Å². The van der Waals surface area contributed by atoms with Crippen molar-refractivity contribution in [3.63, 3.8) is 0 Å². The molecule has 0 saturated carbocycles. The normalized spacial score (nSPS) is 9.95. The van der Waals surface area contributed by atoms with Crippen molar-refractivity contribution < 1.29 is 24.2 Å². The number of aryl methyl sites for hydroxylation is 1. The average Bonchev–Trinajstić information content (AvgIpc) is 2.47. The van der Waals surface area contributed by atoms with Crippen molar-refractivity contribution >= 4 is 11.9 Å². The highest BCUT2D eigenvalue weighted by Crippen LogP contribution is 2.08. The summed E-state index contributed by atoms with van der Waals surface area (Å²) in [6.07, 6.45) is 0. The molecular formula is C14H12N2O5. The van der Waals surface area contributed by atoms with Crippen LogP contribution in [0.25, 0.3) is 0 Å². The van der Waals surface area contributed by atoms with Gasteiger partial charge in [-0.2, -0.15) is 0 Å². The molecule has 2 aromatic rings. The number of nitrogens with zero attached hydrogens (tertiary/aromatic N) is 2. The van der Waals surface area contributed by atoms with E-state index in [2.05, 4.69) is 9.97 Å². The lowest BCUT2D eigenvalue weighted by Gasteiger charge is -2.07. The average molecular weight is 288 g/mol. The van der Waals surface area contributed by atoms with Crippen molar-refractivity contribution in [2.75, 3.05) is 6.79 Å². The Balaban J connectivity index is 1.91. The van der Waals surface area contributed by atoms with Crippen LogP contribution in [0.15, 0.2) is 36.4 Å². The monoisotopic (exact) mass is 288 g/mol. The quantitative estimate of drug-likeness (QED) is 0.660. The summed E-state index contributed by atoms with van der Waals surface area (Å²) >= 11 is 0. The highest BCUT2D eigenvalue weighted by molar-refractivity contribution is 5.87. The molecule has 0 amide bonds. The van der Waals surface area contributed by atoms with E-state index in [9.17, 15) is 9.59 Å². The lowest BCUT2D eigenvalue weighted by atomic mass is 10.3. The topological polar surface area (TPSA) is 98.6 Å². The second-order valence-electron chi connectivity index (χ2n) is 4.02. The zero-order valence-electron chi connectivity index (χ0n) is 11.1. The van der Waals surface area contributed by atoms with E-state index >= 15 is 0 Å². The highest BCUT2D eigenvalue weighted by Gasteiger charge is 2.10. The third kappa shape index (κ3) is 4.00. The van der Waals surface area contributed by atoms with Gasteiger partial charge >= 0.3 is 11.9 Å². The van der Waals surface area contributed by atoms with E-state index in [1.54, 1.807) is 19.1 Å². The van der Waals surface area contributed by atoms with Crippen LogP contribution >= 0.6 is 0 Å². The van der Waals surface area contributed by atoms with Crippen LogP contribution in [-0.2, 0) is 4.74 Å². The van der Waals surface area contributed by atoms with E-state index in [-0.39, 0.29) is 24.1 Å². The molecule has 7 heteroatoms. The Kier molecular flexibility index (Phi) is 4.45. The number of carbonyl (C=O) groups excluding carboxylic acids is 1. The predicted octanol–water partition coefficient (Wildman–Crippen LogP) is 1.68. The van der Waals surface area contributed by atoms with Crippen LogP contribution in [0, 0.1) is 6.92 Å². The molecule has 0 atom stereocenters. The number of aromatic carboxylic acids is 1. The van der Waals surface area contributed by atoms with Gasteiger partial charge in [0.2, 0.25) is 12.7 Å². The van der Waals surface area contributed by atoms with Gasteiger partial charge in [0.25, 0.3) is 0 Å². The molecule has 0 aromatic carbocycles. The number of ether oxygens (including phenoxy) is 2. The van der Waals surface area contributed by atoms with Gasteiger partial charge in [0.1, 0.15) is 5.69 Å². The number of carbonyl (C=O) groups is 2. The molecule has 0 spiro atoms. The number of carboxylic acid groups (broad SMARTS) is 1. The maximum absolute atomic E-state index is 11.7. The van der Waals surface area contributed by atoms with Gasteiger partial charge in [-0.3, -0.25) is 0 Å². The van der Waals surface area contributed by atoms with Gasteiger partial charge in [-0.05, 0) is 25.1 Å². The molecule has 2 aromatic heterocycles. The number of carboxylic acids is 1. The fraction of sp³-hybridized carbons (Fsp3) is 0.143. The SMILES string of the molecule is Cc1cccc(C(=O)OCOc2cccc(C(=O)O)n2)n1. The van der Waals surface area contributed by atoms with E-state index in [0.29, 0.717) is 5.69 Å². The molecule has 2 heterocycles. The van der Waals surface area contributed by atoms with Crippen LogP contribution in [-0.4, -0.2) is 33.8 Å². The lowest BCUT2D eigenvalue weighted by molar-refractivity contribution is 0.0133. The molecular weight excluding hydrogens is 276 g/mol. The molecule has 2 rings (SSSR count). The number of esters is 1. The van der Waals surface area contributed by atoms with E-state index in [1.807, 2.05) is 0 Å². The summed E-state index contributed by atoms with van der Waals surface area (Å²) in [5.41, 5.74) is 0.714. The Hall–Kier alpha value is -2.96. The van der Waals surface area contributed by atoms with Crippen molar-refractivity contribution in [2.24, 2.45) is 0 Å². The molecule has 1 N–H and O–H groups in total. The first-order chi connectivity index (χ1) is 10.1. The first kappa shape index (κ1) is 14.4. The van der Waals surface area contributed by atoms with Gasteiger partial charge in [-0.25, -0.2) is 19.6 Å². The predicted molar refractivity (Wildman–Crippen MR) is 71.1 cm³/mol. The first-order valence-corrected chi connectivity index (χ1v) is 6.00. The fourth-order valence-corrected chi connectivity index (χ4v) is 1.49. The molecule has 7 nitrogen and oxygen atoms in total. The van der Waals surface area contributed by atoms with Crippen molar-refractivity contribution in [1.82, 2.24) is 9.97 Å². The Morgan fingerprint density at radius 1 is 1.10 bits per heavy atom. The zero-order chi connectivity index (χ0) is 15.2. The van der Waals surface area contributed by atoms with Crippen LogP contribution in [0.5, 0.6) is 5.88 Å². The van der Waals surface area contributed by atoms with E-state index < -0.39 is 11.9 Å². The van der Waals surface area contributed by atoms with E-state index in [4.69, 9.17) is 14.6 Å². The van der Waals surface area contributed by atoms with Gasteiger partial charge in [0, 0.05) is 11.8 Å². The summed E-state index contributed by atoms with van der Waals surface area (Å²) in [6.45, 7) is 1.37. The molecule has 0 aliphatic rings. The molecule has 0 fully saturated rings. The third-order valence-corrected chi connectivity index (χ3v) is 2.44. The minimum atomic E-state index is -1.17. The molecule has 0 radical (unpaired) electrons. The van der Waals surface area contributed by atoms with Crippen LogP contribution in [0.3, 0.4) is 0 Å². The van der Waals surface area contributed by atoms with Crippen LogP contribution in [0.1, 0.15) is 26.7 Å². The van der Waals surface area contributed by atoms with Gasteiger partial charge in [-0.1, -0.05) is 12.1 Å². The lowest BCUT2D eigenvalue weighted by Crippen LogP contribution is -2.13. The number of hydrogen-bond acceptors (Lipinski definition) is 6. The van der Waals surface area contributed by atoms with Gasteiger partial charge < -0.3 is 14.6 Å². The largest absolute Gasteiger partial charge is 0.477 e. The van der Waals surface area contributed by atoms with Crippen molar-refractivity contribution in [3.8, 4) is 5.88 Å². The van der Waals surface area contributed by atoms with E-state index in [1.165, 1.54) is 24.3 Å². The van der Waals surface area contributed by atoms with Gasteiger partial charge in [-0.15, -0.1) is 0 Å². The Labute approximate surface area is 120 Å². The standard InChI is InChI=1S/C14H12N2O5/c1-9-4-2-6-11(15-9)14(19)21-8-20-12-7-3-5-10(16-12)13(17)18/h2-7H,8H2,1H3,(H,17,18). The molecule has 0 bridgehead atoms. The zero-order valence-corrected chi connectivity index (χ0v) is 11.1. The van der Waals surface area contributed by atoms with Crippen LogP contribution < -0.4 is 4.74 Å². The summed E-state index contributed by atoms with van der Waals surface area (Å²) in [6, 6.07) is 9.25. The van der Waals surface area contributed by atoms with Crippen molar-refractivity contribution in [1.29, 1.82) is 0 Å².